The highest BCUT2D eigenvalue weighted by atomic mass is 32.2. The Labute approximate surface area is 141 Å². The highest BCUT2D eigenvalue weighted by molar-refractivity contribution is 7.89. The third-order valence-corrected chi connectivity index (χ3v) is 6.36. The first-order valence-electron chi connectivity index (χ1n) is 8.18. The molecule has 1 amide bonds. The van der Waals surface area contributed by atoms with Crippen LogP contribution in [-0.4, -0.2) is 54.1 Å². The molecule has 8 heteroatoms. The summed E-state index contributed by atoms with van der Waals surface area (Å²) in [6.07, 6.45) is 4.60. The summed E-state index contributed by atoms with van der Waals surface area (Å²) < 4.78 is 28.7. The number of carbonyl (C=O) groups excluding carboxylic acids is 1. The first-order valence-corrected chi connectivity index (χ1v) is 9.79. The van der Waals surface area contributed by atoms with Crippen molar-refractivity contribution in [2.24, 2.45) is 0 Å². The van der Waals surface area contributed by atoms with Gasteiger partial charge >= 0.3 is 0 Å². The number of fused-ring (bicyclic) bond motifs is 1. The second-order valence-corrected chi connectivity index (χ2v) is 8.12. The number of rotatable bonds is 7. The zero-order chi connectivity index (χ0) is 17.0. The number of piperidine rings is 1. The molecular weight excluding hydrogens is 328 g/mol. The van der Waals surface area contributed by atoms with E-state index in [1.807, 2.05) is 24.3 Å². The van der Waals surface area contributed by atoms with Crippen molar-refractivity contribution in [3.63, 3.8) is 0 Å². The first kappa shape index (κ1) is 16.9. The number of benzene rings is 1. The first-order chi connectivity index (χ1) is 11.6. The van der Waals surface area contributed by atoms with E-state index in [0.717, 1.165) is 23.9 Å². The Morgan fingerprint density at radius 1 is 1.33 bits per heavy atom. The number of imidazole rings is 1. The van der Waals surface area contributed by atoms with Gasteiger partial charge in [-0.3, -0.25) is 4.79 Å². The second kappa shape index (κ2) is 7.31. The molecule has 0 saturated carbocycles. The van der Waals surface area contributed by atoms with Crippen LogP contribution in [0.25, 0.3) is 11.0 Å². The summed E-state index contributed by atoms with van der Waals surface area (Å²) in [7, 11) is -3.30. The number of hydrogen-bond donors (Lipinski definition) is 1. The van der Waals surface area contributed by atoms with Gasteiger partial charge in [0.25, 0.3) is 0 Å². The van der Waals surface area contributed by atoms with Crippen molar-refractivity contribution in [1.29, 1.82) is 0 Å². The van der Waals surface area contributed by atoms with E-state index in [2.05, 4.69) is 14.9 Å². The predicted molar refractivity (Wildman–Crippen MR) is 92.0 cm³/mol. The standard InChI is InChI=1S/C16H22N4O3S/c21-13-17-8-4-10-24(22,23)19-9-3-5-14(11-19)20-12-18-15-6-1-2-7-16(15)20/h1-2,6-7,12-14H,3-5,8-11H2,(H,17,21). The lowest BCUT2D eigenvalue weighted by Gasteiger charge is -2.33. The fourth-order valence-corrected chi connectivity index (χ4v) is 4.79. The molecule has 0 radical (unpaired) electrons. The molecule has 1 saturated heterocycles. The second-order valence-electron chi connectivity index (χ2n) is 6.04. The van der Waals surface area contributed by atoms with Crippen LogP contribution in [0, 0.1) is 0 Å². The van der Waals surface area contributed by atoms with Gasteiger partial charge in [-0.05, 0) is 31.4 Å². The van der Waals surface area contributed by atoms with Crippen molar-refractivity contribution in [2.75, 3.05) is 25.4 Å². The van der Waals surface area contributed by atoms with E-state index in [0.29, 0.717) is 32.5 Å². The van der Waals surface area contributed by atoms with Crippen LogP contribution < -0.4 is 5.32 Å². The number of nitrogens with zero attached hydrogens (tertiary/aromatic N) is 3. The van der Waals surface area contributed by atoms with Crippen molar-refractivity contribution in [1.82, 2.24) is 19.2 Å². The summed E-state index contributed by atoms with van der Waals surface area (Å²) in [6, 6.07) is 8.00. The van der Waals surface area contributed by atoms with Gasteiger partial charge in [0.05, 0.1) is 23.1 Å². The van der Waals surface area contributed by atoms with Crippen LogP contribution in [0.3, 0.4) is 0 Å². The molecule has 3 rings (SSSR count). The Hall–Kier alpha value is -1.93. The van der Waals surface area contributed by atoms with Crippen LogP contribution >= 0.6 is 0 Å². The average molecular weight is 350 g/mol. The van der Waals surface area contributed by atoms with E-state index >= 15 is 0 Å². The maximum atomic E-state index is 12.5. The molecule has 2 aromatic rings. The number of nitrogens with one attached hydrogen (secondary N) is 1. The zero-order valence-electron chi connectivity index (χ0n) is 13.5. The van der Waals surface area contributed by atoms with Gasteiger partial charge in [0.2, 0.25) is 16.4 Å². The molecule has 1 aliphatic rings. The van der Waals surface area contributed by atoms with Crippen molar-refractivity contribution < 1.29 is 13.2 Å². The minimum atomic E-state index is -3.30. The highest BCUT2D eigenvalue weighted by Crippen LogP contribution is 2.27. The largest absolute Gasteiger partial charge is 0.359 e. The Kier molecular flexibility index (Phi) is 5.15. The van der Waals surface area contributed by atoms with E-state index in [9.17, 15) is 13.2 Å². The third-order valence-electron chi connectivity index (χ3n) is 4.43. The minimum absolute atomic E-state index is 0.0608. The molecule has 1 aromatic carbocycles. The molecular formula is C16H22N4O3S. The Morgan fingerprint density at radius 3 is 3.00 bits per heavy atom. The average Bonchev–Trinajstić information content (AvgIpc) is 3.03. The molecule has 24 heavy (non-hydrogen) atoms. The topological polar surface area (TPSA) is 84.3 Å². The lowest BCUT2D eigenvalue weighted by molar-refractivity contribution is -0.109. The van der Waals surface area contributed by atoms with Gasteiger partial charge in [0.1, 0.15) is 0 Å². The van der Waals surface area contributed by atoms with Crippen LogP contribution in [-0.2, 0) is 14.8 Å². The number of hydrogen-bond acceptors (Lipinski definition) is 4. The number of para-hydroxylation sites is 2. The fourth-order valence-electron chi connectivity index (χ4n) is 3.21. The van der Waals surface area contributed by atoms with E-state index in [1.54, 1.807) is 10.6 Å². The van der Waals surface area contributed by atoms with Crippen molar-refractivity contribution in [2.45, 2.75) is 25.3 Å². The highest BCUT2D eigenvalue weighted by Gasteiger charge is 2.29. The maximum absolute atomic E-state index is 12.5. The lowest BCUT2D eigenvalue weighted by Crippen LogP contribution is -2.42. The van der Waals surface area contributed by atoms with Gasteiger partial charge in [-0.15, -0.1) is 0 Å². The zero-order valence-corrected chi connectivity index (χ0v) is 14.3. The Morgan fingerprint density at radius 2 is 2.17 bits per heavy atom. The van der Waals surface area contributed by atoms with Crippen LogP contribution in [0.4, 0.5) is 0 Å². The summed E-state index contributed by atoms with van der Waals surface area (Å²) >= 11 is 0. The molecule has 1 aromatic heterocycles. The molecule has 130 valence electrons. The van der Waals surface area contributed by atoms with E-state index in [-0.39, 0.29) is 11.8 Å². The third kappa shape index (κ3) is 3.59. The summed E-state index contributed by atoms with van der Waals surface area (Å²) in [5.74, 6) is 0.0608. The lowest BCUT2D eigenvalue weighted by atomic mass is 10.1. The van der Waals surface area contributed by atoms with Gasteiger partial charge in [0, 0.05) is 25.7 Å². The molecule has 1 fully saturated rings. The summed E-state index contributed by atoms with van der Waals surface area (Å²) in [6.45, 7) is 1.42. The van der Waals surface area contributed by atoms with Crippen LogP contribution in [0.2, 0.25) is 0 Å². The fraction of sp³-hybridized carbons (Fsp3) is 0.500. The van der Waals surface area contributed by atoms with E-state index in [4.69, 9.17) is 0 Å². The molecule has 2 heterocycles. The van der Waals surface area contributed by atoms with Crippen LogP contribution in [0.1, 0.15) is 25.3 Å². The van der Waals surface area contributed by atoms with Gasteiger partial charge < -0.3 is 9.88 Å². The van der Waals surface area contributed by atoms with E-state index < -0.39 is 10.0 Å². The van der Waals surface area contributed by atoms with Crippen molar-refractivity contribution >= 4 is 27.5 Å². The van der Waals surface area contributed by atoms with Gasteiger partial charge in [-0.2, -0.15) is 4.31 Å². The molecule has 1 atom stereocenters. The monoisotopic (exact) mass is 350 g/mol. The quantitative estimate of drug-likeness (QED) is 0.599. The Bertz CT molecular complexity index is 803. The van der Waals surface area contributed by atoms with Crippen molar-refractivity contribution in [3.05, 3.63) is 30.6 Å². The Balaban J connectivity index is 1.71. The van der Waals surface area contributed by atoms with Crippen molar-refractivity contribution in [3.8, 4) is 0 Å². The molecule has 7 nitrogen and oxygen atoms in total. The number of carbonyl (C=O) groups is 1. The summed E-state index contributed by atoms with van der Waals surface area (Å²) in [5, 5.41) is 2.50. The summed E-state index contributed by atoms with van der Waals surface area (Å²) in [5.41, 5.74) is 1.97. The van der Waals surface area contributed by atoms with Gasteiger partial charge in [0.15, 0.2) is 0 Å². The normalized spacial score (nSPS) is 19.4. The molecule has 1 aliphatic heterocycles. The molecule has 0 bridgehead atoms. The number of sulfonamides is 1. The summed E-state index contributed by atoms with van der Waals surface area (Å²) in [4.78, 5) is 14.6. The minimum Gasteiger partial charge on any atom is -0.359 e. The molecule has 1 N–H and O–H groups in total. The van der Waals surface area contributed by atoms with Crippen LogP contribution in [0.15, 0.2) is 30.6 Å². The smallest absolute Gasteiger partial charge is 0.214 e. The predicted octanol–water partition coefficient (Wildman–Crippen LogP) is 1.14. The molecule has 0 spiro atoms. The SMILES string of the molecule is O=CNCCCS(=O)(=O)N1CCCC(n2cnc3ccccc32)C1. The van der Waals surface area contributed by atoms with E-state index in [1.165, 1.54) is 0 Å². The maximum Gasteiger partial charge on any atom is 0.214 e. The van der Waals surface area contributed by atoms with Crippen LogP contribution in [0.5, 0.6) is 0 Å². The van der Waals surface area contributed by atoms with Gasteiger partial charge in [-0.1, -0.05) is 12.1 Å². The van der Waals surface area contributed by atoms with Gasteiger partial charge in [-0.25, -0.2) is 13.4 Å². The molecule has 1 unspecified atom stereocenters. The molecule has 0 aliphatic carbocycles. The number of aromatic nitrogens is 2. The number of amides is 1.